The minimum absolute atomic E-state index is 0.0618. The van der Waals surface area contributed by atoms with Gasteiger partial charge in [0.2, 0.25) is 35.4 Å². The van der Waals surface area contributed by atoms with Crippen molar-refractivity contribution >= 4 is 53.2 Å². The van der Waals surface area contributed by atoms with E-state index in [1.165, 1.54) is 29.2 Å². The lowest BCUT2D eigenvalue weighted by atomic mass is 10.0. The highest BCUT2D eigenvalue weighted by Gasteiger charge is 2.40. The highest BCUT2D eigenvalue weighted by Crippen LogP contribution is 2.21. The van der Waals surface area contributed by atoms with Crippen LogP contribution in [0.15, 0.2) is 12.5 Å². The average molecular weight is 840 g/mol. The molecule has 1 fully saturated rings. The standard InChI is InChI=1S/C37H65N11O9S/c1-22(2)17-27(33(52)43-25(12-16-58-3)32(51)44-26(37(56)57)10-5-7-14-39)45-35(54)30-11-8-15-48(30)36(55)28(18-23-19-41-21-42-23)46-34(53)29(20-49)47-31(50)24(40)9-4-6-13-38/h19,21-22,24-30,49H,4-18,20,38-40H2,1-3H3,(H,41,42)(H,43,52)(H,44,51)(H,45,54)(H,46,53)(H,47,50)(H,56,57). The zero-order valence-electron chi connectivity index (χ0n) is 33.9. The molecular formula is C37H65N11O9S. The number of H-pyrrole nitrogens is 1. The predicted molar refractivity (Wildman–Crippen MR) is 218 cm³/mol. The van der Waals surface area contributed by atoms with Gasteiger partial charge in [-0.3, -0.25) is 28.8 Å². The molecule has 0 spiro atoms. The molecule has 328 valence electrons. The maximum atomic E-state index is 14.2. The van der Waals surface area contributed by atoms with E-state index in [4.69, 9.17) is 17.2 Å². The van der Waals surface area contributed by atoms with Crippen LogP contribution in [0, 0.1) is 5.92 Å². The fraction of sp³-hybridized carbons (Fsp3) is 0.730. The number of unbranched alkanes of at least 4 members (excludes halogenated alkanes) is 2. The van der Waals surface area contributed by atoms with Crippen molar-refractivity contribution < 1.29 is 43.8 Å². The summed E-state index contributed by atoms with van der Waals surface area (Å²) in [5.41, 5.74) is 17.5. The first-order valence-corrected chi connectivity index (χ1v) is 21.3. The monoisotopic (exact) mass is 839 g/mol. The van der Waals surface area contributed by atoms with Gasteiger partial charge in [0, 0.05) is 24.9 Å². The third-order valence-corrected chi connectivity index (χ3v) is 10.3. The number of aliphatic hydroxyl groups is 1. The van der Waals surface area contributed by atoms with Crippen LogP contribution in [0.1, 0.15) is 83.7 Å². The molecule has 2 rings (SSSR count). The minimum atomic E-state index is -1.42. The Morgan fingerprint density at radius 2 is 1.45 bits per heavy atom. The molecule has 0 saturated carbocycles. The van der Waals surface area contributed by atoms with E-state index in [-0.39, 0.29) is 44.6 Å². The number of aliphatic carboxylic acids is 1. The molecule has 7 atom stereocenters. The van der Waals surface area contributed by atoms with Crippen LogP contribution in [-0.2, 0) is 40.0 Å². The Morgan fingerprint density at radius 3 is 2.03 bits per heavy atom. The zero-order valence-corrected chi connectivity index (χ0v) is 34.7. The first-order valence-electron chi connectivity index (χ1n) is 19.9. The number of nitrogens with zero attached hydrogens (tertiary/aromatic N) is 2. The van der Waals surface area contributed by atoms with Crippen LogP contribution in [0.3, 0.4) is 0 Å². The summed E-state index contributed by atoms with van der Waals surface area (Å²) in [5.74, 6) is -4.84. The summed E-state index contributed by atoms with van der Waals surface area (Å²) >= 11 is 1.44. The number of imidazole rings is 1. The number of rotatable bonds is 28. The van der Waals surface area contributed by atoms with E-state index in [0.717, 1.165) is 0 Å². The Kier molecular flexibility index (Phi) is 22.9. The van der Waals surface area contributed by atoms with E-state index in [2.05, 4.69) is 36.6 Å². The number of hydrogen-bond donors (Lipinski definition) is 11. The summed E-state index contributed by atoms with van der Waals surface area (Å²) in [6.45, 7) is 3.91. The molecule has 0 aliphatic carbocycles. The van der Waals surface area contributed by atoms with Gasteiger partial charge in [0.15, 0.2) is 0 Å². The number of aromatic amines is 1. The van der Waals surface area contributed by atoms with Crippen molar-refractivity contribution in [1.29, 1.82) is 0 Å². The van der Waals surface area contributed by atoms with Crippen molar-refractivity contribution in [3.63, 3.8) is 0 Å². The van der Waals surface area contributed by atoms with Crippen molar-refractivity contribution in [2.75, 3.05) is 38.2 Å². The molecule has 7 unspecified atom stereocenters. The van der Waals surface area contributed by atoms with Gasteiger partial charge >= 0.3 is 5.97 Å². The molecule has 1 aromatic rings. The molecule has 21 heteroatoms. The third kappa shape index (κ3) is 16.9. The van der Waals surface area contributed by atoms with E-state index < -0.39 is 90.3 Å². The molecular weight excluding hydrogens is 775 g/mol. The van der Waals surface area contributed by atoms with Crippen LogP contribution in [-0.4, -0.2) is 147 Å². The van der Waals surface area contributed by atoms with Gasteiger partial charge in [0.05, 0.1) is 19.0 Å². The number of aliphatic hydroxyl groups excluding tert-OH is 1. The van der Waals surface area contributed by atoms with Crippen molar-refractivity contribution in [3.05, 3.63) is 18.2 Å². The molecule has 20 nitrogen and oxygen atoms in total. The molecule has 58 heavy (non-hydrogen) atoms. The van der Waals surface area contributed by atoms with Crippen molar-refractivity contribution in [1.82, 2.24) is 41.5 Å². The number of carbonyl (C=O) groups excluding carboxylic acids is 6. The molecule has 1 aliphatic heterocycles. The normalized spacial score (nSPS) is 17.0. The van der Waals surface area contributed by atoms with Gasteiger partial charge in [-0.1, -0.05) is 20.3 Å². The lowest BCUT2D eigenvalue weighted by Crippen LogP contribution is -2.60. The number of nitrogens with one attached hydrogen (secondary N) is 6. The molecule has 0 bridgehead atoms. The van der Waals surface area contributed by atoms with Crippen molar-refractivity contribution in [3.8, 4) is 0 Å². The number of amides is 6. The number of carboxylic acids is 1. The van der Waals surface area contributed by atoms with Gasteiger partial charge in [0.25, 0.3) is 0 Å². The average Bonchev–Trinajstić information content (AvgIpc) is 3.90. The highest BCUT2D eigenvalue weighted by atomic mass is 32.2. The maximum Gasteiger partial charge on any atom is 0.326 e. The van der Waals surface area contributed by atoms with Gasteiger partial charge in [-0.2, -0.15) is 11.8 Å². The second-order valence-corrected chi connectivity index (χ2v) is 15.9. The van der Waals surface area contributed by atoms with Gasteiger partial charge in [-0.25, -0.2) is 9.78 Å². The van der Waals surface area contributed by atoms with E-state index >= 15 is 0 Å². The maximum absolute atomic E-state index is 14.2. The van der Waals surface area contributed by atoms with E-state index in [0.29, 0.717) is 63.1 Å². The zero-order chi connectivity index (χ0) is 43.2. The molecule has 14 N–H and O–H groups in total. The molecule has 0 radical (unpaired) electrons. The number of thioether (sulfide) groups is 1. The van der Waals surface area contributed by atoms with E-state index in [9.17, 15) is 43.8 Å². The minimum Gasteiger partial charge on any atom is -0.480 e. The Labute approximate surface area is 344 Å². The van der Waals surface area contributed by atoms with Crippen LogP contribution >= 0.6 is 11.8 Å². The molecule has 0 aromatic carbocycles. The number of carboxylic acid groups (broad SMARTS) is 1. The first kappa shape index (κ1) is 49.8. The summed E-state index contributed by atoms with van der Waals surface area (Å²) in [7, 11) is 0. The van der Waals surface area contributed by atoms with E-state index in [1.807, 2.05) is 20.1 Å². The molecule has 1 aromatic heterocycles. The topological polar surface area (TPSA) is 330 Å². The number of aromatic nitrogens is 2. The van der Waals surface area contributed by atoms with Gasteiger partial charge < -0.3 is 63.9 Å². The first-order chi connectivity index (χ1) is 27.7. The lowest BCUT2D eigenvalue weighted by Gasteiger charge is -2.31. The Balaban J connectivity index is 2.25. The predicted octanol–water partition coefficient (Wildman–Crippen LogP) is -2.17. The highest BCUT2D eigenvalue weighted by molar-refractivity contribution is 7.98. The number of hydrogen-bond acceptors (Lipinski definition) is 13. The molecule has 6 amide bonds. The van der Waals surface area contributed by atoms with Crippen molar-refractivity contribution in [2.45, 2.75) is 127 Å². The molecule has 1 saturated heterocycles. The fourth-order valence-corrected chi connectivity index (χ4v) is 6.95. The van der Waals surface area contributed by atoms with Gasteiger partial charge in [-0.05, 0) is 88.8 Å². The number of likely N-dealkylation sites (tertiary alicyclic amines) is 1. The summed E-state index contributed by atoms with van der Waals surface area (Å²) in [4.78, 5) is 101. The summed E-state index contributed by atoms with van der Waals surface area (Å²) in [6.07, 6.45) is 8.55. The van der Waals surface area contributed by atoms with E-state index in [1.54, 1.807) is 0 Å². The van der Waals surface area contributed by atoms with Gasteiger partial charge in [-0.15, -0.1) is 0 Å². The van der Waals surface area contributed by atoms with Crippen LogP contribution in [0.25, 0.3) is 0 Å². The summed E-state index contributed by atoms with van der Waals surface area (Å²) in [6, 6.07) is -8.00. The molecule has 1 aliphatic rings. The van der Waals surface area contributed by atoms with Crippen LogP contribution in [0.2, 0.25) is 0 Å². The summed E-state index contributed by atoms with van der Waals surface area (Å²) in [5, 5.41) is 32.8. The SMILES string of the molecule is CSCCC(NC(=O)C(CC(C)C)NC(=O)C1CCCN1C(=O)C(Cc1cnc[nH]1)NC(=O)C(CO)NC(=O)C(N)CCCCN)C(=O)NC(CCCCN)C(=O)O. The lowest BCUT2D eigenvalue weighted by molar-refractivity contribution is -0.143. The smallest absolute Gasteiger partial charge is 0.326 e. The summed E-state index contributed by atoms with van der Waals surface area (Å²) < 4.78 is 0. The van der Waals surface area contributed by atoms with Crippen molar-refractivity contribution in [2.24, 2.45) is 23.1 Å². The van der Waals surface area contributed by atoms with Crippen LogP contribution < -0.4 is 43.8 Å². The fourth-order valence-electron chi connectivity index (χ4n) is 6.47. The van der Waals surface area contributed by atoms with Crippen LogP contribution in [0.4, 0.5) is 0 Å². The van der Waals surface area contributed by atoms with Crippen LogP contribution in [0.5, 0.6) is 0 Å². The number of carbonyl (C=O) groups is 7. The Hall–Kier alpha value is -4.31. The Morgan fingerprint density at radius 1 is 0.845 bits per heavy atom. The molecule has 2 heterocycles. The van der Waals surface area contributed by atoms with Gasteiger partial charge in [0.1, 0.15) is 36.3 Å². The quantitative estimate of drug-likeness (QED) is 0.0400. The second kappa shape index (κ2) is 26.6. The number of nitrogens with two attached hydrogens (primary N) is 3. The third-order valence-electron chi connectivity index (χ3n) is 9.70. The second-order valence-electron chi connectivity index (χ2n) is 14.9. The largest absolute Gasteiger partial charge is 0.480 e. The Bertz CT molecular complexity index is 1470.